The van der Waals surface area contributed by atoms with E-state index in [2.05, 4.69) is 46.5 Å². The number of aromatic nitrogens is 2. The fourth-order valence-corrected chi connectivity index (χ4v) is 1.48. The summed E-state index contributed by atoms with van der Waals surface area (Å²) in [5.41, 5.74) is 3.57. The van der Waals surface area contributed by atoms with Gasteiger partial charge in [-0.2, -0.15) is 0 Å². The van der Waals surface area contributed by atoms with Crippen LogP contribution >= 0.6 is 0 Å². The van der Waals surface area contributed by atoms with E-state index in [1.54, 1.807) is 6.33 Å². The maximum Gasteiger partial charge on any atom is 0.115 e. The average Bonchev–Trinajstić information content (AvgIpc) is 2.38. The molecule has 1 aromatic heterocycles. The van der Waals surface area contributed by atoms with Gasteiger partial charge in [-0.15, -0.1) is 0 Å². The van der Waals surface area contributed by atoms with E-state index in [9.17, 15) is 0 Å². The Morgan fingerprint density at radius 3 is 2.31 bits per heavy atom. The first kappa shape index (κ1) is 10.6. The number of anilines is 1. The molecule has 0 spiro atoms. The molecule has 0 bridgehead atoms. The van der Waals surface area contributed by atoms with Crippen molar-refractivity contribution >= 4 is 5.69 Å². The van der Waals surface area contributed by atoms with Crippen molar-refractivity contribution in [3.63, 3.8) is 0 Å². The molecule has 3 nitrogen and oxygen atoms in total. The highest BCUT2D eigenvalue weighted by Gasteiger charge is 1.94. The third-order valence-electron chi connectivity index (χ3n) is 2.47. The molecule has 0 amide bonds. The summed E-state index contributed by atoms with van der Waals surface area (Å²) in [7, 11) is 0. The number of benzene rings is 1. The maximum atomic E-state index is 3.97. The van der Waals surface area contributed by atoms with E-state index < -0.39 is 0 Å². The normalized spacial score (nSPS) is 10.1. The molecular formula is C13H15N3. The number of rotatable bonds is 4. The third-order valence-corrected chi connectivity index (χ3v) is 2.47. The van der Waals surface area contributed by atoms with Crippen molar-refractivity contribution in [3.8, 4) is 0 Å². The first-order valence-corrected chi connectivity index (χ1v) is 5.45. The Labute approximate surface area is 95.6 Å². The van der Waals surface area contributed by atoms with Crippen LogP contribution in [0.5, 0.6) is 0 Å². The van der Waals surface area contributed by atoms with Gasteiger partial charge in [-0.3, -0.25) is 0 Å². The van der Waals surface area contributed by atoms with Crippen LogP contribution in [0.15, 0.2) is 43.0 Å². The molecule has 2 rings (SSSR count). The summed E-state index contributed by atoms with van der Waals surface area (Å²) >= 11 is 0. The summed E-state index contributed by atoms with van der Waals surface area (Å²) < 4.78 is 0. The Bertz CT molecular complexity index is 423. The van der Waals surface area contributed by atoms with Gasteiger partial charge >= 0.3 is 0 Å². The van der Waals surface area contributed by atoms with Gasteiger partial charge in [0.05, 0.1) is 0 Å². The highest BCUT2D eigenvalue weighted by Crippen LogP contribution is 2.10. The summed E-state index contributed by atoms with van der Waals surface area (Å²) in [5.74, 6) is 0. The van der Waals surface area contributed by atoms with Crippen LogP contribution in [0.1, 0.15) is 18.1 Å². The lowest BCUT2D eigenvalue weighted by atomic mass is 10.1. The number of aryl methyl sites for hydroxylation is 1. The van der Waals surface area contributed by atoms with Crippen LogP contribution in [0, 0.1) is 0 Å². The van der Waals surface area contributed by atoms with Crippen LogP contribution in [0.25, 0.3) is 0 Å². The maximum absolute atomic E-state index is 3.97. The molecule has 0 aliphatic carbocycles. The zero-order valence-electron chi connectivity index (χ0n) is 9.35. The Morgan fingerprint density at radius 2 is 1.69 bits per heavy atom. The van der Waals surface area contributed by atoms with Gasteiger partial charge in [-0.05, 0) is 24.1 Å². The Morgan fingerprint density at radius 1 is 1.00 bits per heavy atom. The van der Waals surface area contributed by atoms with Crippen LogP contribution in [-0.4, -0.2) is 9.97 Å². The van der Waals surface area contributed by atoms with E-state index in [1.807, 2.05) is 12.4 Å². The first-order valence-electron chi connectivity index (χ1n) is 5.45. The minimum atomic E-state index is 0.756. The molecule has 0 radical (unpaired) electrons. The number of nitrogens with one attached hydrogen (secondary N) is 1. The quantitative estimate of drug-likeness (QED) is 0.848. The predicted octanol–water partition coefficient (Wildman–Crippen LogP) is 2.65. The summed E-state index contributed by atoms with van der Waals surface area (Å²) in [5, 5.41) is 3.33. The minimum Gasteiger partial charge on any atom is -0.381 e. The Kier molecular flexibility index (Phi) is 3.49. The van der Waals surface area contributed by atoms with Crippen LogP contribution in [0.2, 0.25) is 0 Å². The molecule has 2 aromatic rings. The van der Waals surface area contributed by atoms with Crippen molar-refractivity contribution in [1.82, 2.24) is 9.97 Å². The lowest BCUT2D eigenvalue weighted by Gasteiger charge is -2.06. The van der Waals surface area contributed by atoms with Gasteiger partial charge in [0, 0.05) is 30.2 Å². The van der Waals surface area contributed by atoms with Crippen LogP contribution in [0.4, 0.5) is 5.69 Å². The predicted molar refractivity (Wildman–Crippen MR) is 65.2 cm³/mol. The summed E-state index contributed by atoms with van der Waals surface area (Å²) in [6, 6.07) is 8.49. The summed E-state index contributed by atoms with van der Waals surface area (Å²) in [6.45, 7) is 2.91. The molecule has 0 saturated carbocycles. The van der Waals surface area contributed by atoms with Gasteiger partial charge in [-0.25, -0.2) is 9.97 Å². The molecule has 0 unspecified atom stereocenters. The van der Waals surface area contributed by atoms with Gasteiger partial charge in [0.15, 0.2) is 0 Å². The third kappa shape index (κ3) is 2.79. The number of hydrogen-bond acceptors (Lipinski definition) is 3. The minimum absolute atomic E-state index is 0.756. The molecule has 3 heteroatoms. The molecule has 1 N–H and O–H groups in total. The number of hydrogen-bond donors (Lipinski definition) is 1. The van der Waals surface area contributed by atoms with Gasteiger partial charge < -0.3 is 5.32 Å². The van der Waals surface area contributed by atoms with Crippen molar-refractivity contribution in [1.29, 1.82) is 0 Å². The highest BCUT2D eigenvalue weighted by molar-refractivity contribution is 5.44. The first-order chi connectivity index (χ1) is 7.88. The fraction of sp³-hybridized carbons (Fsp3) is 0.231. The van der Waals surface area contributed by atoms with E-state index in [1.165, 1.54) is 5.56 Å². The Balaban J connectivity index is 1.94. The second-order valence-electron chi connectivity index (χ2n) is 3.65. The van der Waals surface area contributed by atoms with Crippen molar-refractivity contribution in [2.45, 2.75) is 19.9 Å². The molecule has 0 saturated heterocycles. The van der Waals surface area contributed by atoms with Gasteiger partial charge in [0.25, 0.3) is 0 Å². The van der Waals surface area contributed by atoms with E-state index in [-0.39, 0.29) is 0 Å². The van der Waals surface area contributed by atoms with Gasteiger partial charge in [0.1, 0.15) is 6.33 Å². The summed E-state index contributed by atoms with van der Waals surface area (Å²) in [4.78, 5) is 7.95. The highest BCUT2D eigenvalue weighted by atomic mass is 14.9. The van der Waals surface area contributed by atoms with Gasteiger partial charge in [-0.1, -0.05) is 19.1 Å². The molecule has 0 aliphatic heterocycles. The monoisotopic (exact) mass is 213 g/mol. The topological polar surface area (TPSA) is 37.8 Å². The van der Waals surface area contributed by atoms with Crippen molar-refractivity contribution in [2.75, 3.05) is 5.32 Å². The largest absolute Gasteiger partial charge is 0.381 e. The van der Waals surface area contributed by atoms with E-state index >= 15 is 0 Å². The molecule has 1 aromatic carbocycles. The zero-order chi connectivity index (χ0) is 11.2. The van der Waals surface area contributed by atoms with Gasteiger partial charge in [0.2, 0.25) is 0 Å². The molecule has 0 atom stereocenters. The van der Waals surface area contributed by atoms with E-state index in [0.717, 1.165) is 24.2 Å². The second kappa shape index (κ2) is 5.26. The lowest BCUT2D eigenvalue weighted by Crippen LogP contribution is -2.00. The second-order valence-corrected chi connectivity index (χ2v) is 3.65. The fourth-order valence-electron chi connectivity index (χ4n) is 1.48. The smallest absolute Gasteiger partial charge is 0.115 e. The van der Waals surface area contributed by atoms with E-state index in [4.69, 9.17) is 0 Å². The molecular weight excluding hydrogens is 198 g/mol. The molecule has 1 heterocycles. The Hall–Kier alpha value is -1.90. The standard InChI is InChI=1S/C13H15N3/c1-2-11-3-5-13(6-4-11)16-9-12-7-14-10-15-8-12/h3-8,10,16H,2,9H2,1H3. The van der Waals surface area contributed by atoms with Crippen LogP contribution < -0.4 is 5.32 Å². The van der Waals surface area contributed by atoms with Crippen molar-refractivity contribution in [3.05, 3.63) is 54.1 Å². The summed E-state index contributed by atoms with van der Waals surface area (Å²) in [6.07, 6.45) is 6.26. The lowest BCUT2D eigenvalue weighted by molar-refractivity contribution is 1.05. The molecule has 0 fully saturated rings. The van der Waals surface area contributed by atoms with Crippen LogP contribution in [-0.2, 0) is 13.0 Å². The molecule has 82 valence electrons. The average molecular weight is 213 g/mol. The van der Waals surface area contributed by atoms with Crippen molar-refractivity contribution < 1.29 is 0 Å². The SMILES string of the molecule is CCc1ccc(NCc2cncnc2)cc1. The molecule has 16 heavy (non-hydrogen) atoms. The van der Waals surface area contributed by atoms with Crippen LogP contribution in [0.3, 0.4) is 0 Å². The van der Waals surface area contributed by atoms with E-state index in [0.29, 0.717) is 0 Å². The zero-order valence-corrected chi connectivity index (χ0v) is 9.35. The number of nitrogens with zero attached hydrogens (tertiary/aromatic N) is 2. The van der Waals surface area contributed by atoms with Crippen molar-refractivity contribution in [2.24, 2.45) is 0 Å². The molecule has 0 aliphatic rings.